The summed E-state index contributed by atoms with van der Waals surface area (Å²) >= 11 is 9.12. The maximum atomic E-state index is 13.2. The quantitative estimate of drug-likeness (QED) is 0.0114. The van der Waals surface area contributed by atoms with Gasteiger partial charge in [0.2, 0.25) is 23.1 Å². The summed E-state index contributed by atoms with van der Waals surface area (Å²) in [6.07, 6.45) is 22.8. The largest absolute Gasteiger partial charge is 0.571 e. The van der Waals surface area contributed by atoms with Gasteiger partial charge in [-0.2, -0.15) is 8.42 Å². The number of aliphatic hydroxyl groups is 2. The molecule has 12 atom stereocenters. The van der Waals surface area contributed by atoms with E-state index in [-0.39, 0.29) is 48.4 Å². The van der Waals surface area contributed by atoms with Crippen molar-refractivity contribution in [1.82, 2.24) is 39.9 Å². The van der Waals surface area contributed by atoms with Crippen LogP contribution in [0.25, 0.3) is 0 Å². The molecule has 0 unspecified atom stereocenters. The Kier molecular flexibility index (Phi) is 33.4. The number of alkyl halides is 1. The summed E-state index contributed by atoms with van der Waals surface area (Å²) in [6, 6.07) is 23.4. The van der Waals surface area contributed by atoms with Gasteiger partial charge in [-0.25, -0.2) is 45.0 Å². The van der Waals surface area contributed by atoms with Crippen molar-refractivity contribution in [2.45, 2.75) is 181 Å². The van der Waals surface area contributed by atoms with E-state index < -0.39 is 22.3 Å². The Morgan fingerprint density at radius 2 is 0.806 bits per heavy atom. The van der Waals surface area contributed by atoms with Crippen LogP contribution in [0, 0.1) is 69.1 Å². The number of rotatable bonds is 31. The highest BCUT2D eigenvalue weighted by Gasteiger charge is 2.37. The Hall–Kier alpha value is -9.79. The third-order valence-electron chi connectivity index (χ3n) is 22.8. The zero-order chi connectivity index (χ0) is 88.1. The van der Waals surface area contributed by atoms with Gasteiger partial charge in [-0.1, -0.05) is 63.4 Å². The maximum Gasteiger partial charge on any atom is 0.571 e. The van der Waals surface area contributed by atoms with Crippen LogP contribution in [0.5, 0.6) is 5.95 Å². The fourth-order valence-electron chi connectivity index (χ4n) is 16.3. The van der Waals surface area contributed by atoms with E-state index in [4.69, 9.17) is 27.8 Å². The first-order chi connectivity index (χ1) is 59.7. The minimum absolute atomic E-state index is 0.00612. The number of carbonyl (C=O) groups excluding carboxylic acids is 4. The Labute approximate surface area is 746 Å². The van der Waals surface area contributed by atoms with Crippen molar-refractivity contribution < 1.29 is 69.3 Å². The molecule has 0 aromatic carbocycles. The monoisotopic (exact) mass is 1840 g/mol. The third-order valence-corrected chi connectivity index (χ3v) is 27.8. The van der Waals surface area contributed by atoms with Crippen LogP contribution < -0.4 is 31.1 Å². The standard InChI is InChI=1S/C23H27N3O2S.C22H25N3O3S.C21H24N4O6S2.C18H22BrN3OS.C5H6BO3/c1-4-17-10-18(7-14(17)2)26-23-20(11-24-13-25-23)22(27)21-9-16(12-29-21)8-19-6-5-15(3)28-19;1-13-5-17(8-16(13)10-26)25-22-19(9-23-12-24-22)21(27)20-7-15(11-29-20)6-18-4-3-14(2)28-18;1-12-2-3-16(31-12)4-13-5-19(32-10-13)20(27)17-8-23-11-24-21(17)25-15-6-14(18(26)7-15)9-30-33(22,28)29;1-3-13-6-14(4-11(13)2)22-18-15(8-20-10-21-18)17(23)16-5-12(7-19)9-24-16;1-4-2-3-5(8-4)9-6-7/h5-6,9,11-14,17-18H,4,7-8,10H2,1-3H3,(H,24,25,26);3-4,7,9,11-13,16-17,26H,5-6,8,10H2,1-2H3,(H,23,24,25);2-3,5,8,10-11,14-15,18,26H,4,6-7,9H2,1H3,(H2,22,28,29)(H,23,24,25);5,8-11,13-14H,3-4,6-7H2,1-2H3,(H,20,21,22);2-3,7H,1H3/t14-,17-,18-;13-,16+,17-;14-,15-,18+;11-,13-,14-;/m0010./s1. The number of hydrogen-bond donors (Lipinski definition) is 8. The summed E-state index contributed by atoms with van der Waals surface area (Å²) in [4.78, 5) is 88.4. The average molecular weight is 1850 g/mol. The highest BCUT2D eigenvalue weighted by atomic mass is 79.9. The zero-order valence-electron chi connectivity index (χ0n) is 70.5. The number of anilines is 4. The summed E-state index contributed by atoms with van der Waals surface area (Å²) in [5.41, 5.74) is 6.12. The number of hydrogen-bond acceptors (Lipinski definition) is 31. The lowest BCUT2D eigenvalue weighted by Crippen LogP contribution is -2.24. The lowest BCUT2D eigenvalue weighted by Gasteiger charge is -2.15. The van der Waals surface area contributed by atoms with E-state index in [2.05, 4.69) is 121 Å². The van der Waals surface area contributed by atoms with E-state index in [0.717, 1.165) is 123 Å². The molecule has 12 aromatic heterocycles. The highest BCUT2D eigenvalue weighted by molar-refractivity contribution is 9.08. The number of aryl methyl sites for hydroxylation is 4. The third kappa shape index (κ3) is 26.0. The topological polar surface area (TPSA) is 411 Å². The first-order valence-corrected chi connectivity index (χ1v) is 47.4. The number of thiophene rings is 4. The molecule has 16 rings (SSSR count). The maximum absolute atomic E-state index is 13.2. The van der Waals surface area contributed by atoms with E-state index in [1.54, 1.807) is 37.6 Å². The van der Waals surface area contributed by atoms with Crippen LogP contribution in [0.1, 0.15) is 222 Å². The van der Waals surface area contributed by atoms with Crippen LogP contribution in [0.15, 0.2) is 162 Å². The molecule has 0 bridgehead atoms. The molecule has 0 aliphatic heterocycles. The second kappa shape index (κ2) is 44.4. The van der Waals surface area contributed by atoms with Crippen LogP contribution in [-0.2, 0) is 39.1 Å². The minimum atomic E-state index is -4.08. The molecule has 9 N–H and O–H groups in total. The summed E-state index contributed by atoms with van der Waals surface area (Å²) < 4.78 is 53.0. The molecule has 35 heteroatoms. The van der Waals surface area contributed by atoms with Gasteiger partial charge >= 0.3 is 18.0 Å². The van der Waals surface area contributed by atoms with Gasteiger partial charge in [0.15, 0.2) is 0 Å². The molecule has 12 heterocycles. The normalized spacial score (nSPS) is 20.7. The molecule has 0 saturated heterocycles. The summed E-state index contributed by atoms with van der Waals surface area (Å²) in [7, 11) is -3.50. The van der Waals surface area contributed by atoms with E-state index in [1.165, 1.54) is 89.7 Å². The van der Waals surface area contributed by atoms with Gasteiger partial charge in [0.25, 0.3) is 5.95 Å². The summed E-state index contributed by atoms with van der Waals surface area (Å²) in [6.45, 7) is 18.8. The number of nitrogens with two attached hydrogens (primary N) is 1. The van der Waals surface area contributed by atoms with Gasteiger partial charge in [0, 0.05) is 92.1 Å². The summed E-state index contributed by atoms with van der Waals surface area (Å²) in [5, 5.41) is 55.1. The molecule has 655 valence electrons. The second-order valence-corrected chi connectivity index (χ2v) is 37.5. The Balaban J connectivity index is 0.000000146. The van der Waals surface area contributed by atoms with Gasteiger partial charge in [-0.05, 0) is 225 Å². The molecular weight excluding hydrogens is 1740 g/mol. The Morgan fingerprint density at radius 3 is 1.10 bits per heavy atom. The molecule has 4 saturated carbocycles. The fraction of sp³-hybridized carbons (Fsp3) is 0.416. The molecule has 0 amide bonds. The van der Waals surface area contributed by atoms with E-state index in [9.17, 15) is 37.8 Å². The van der Waals surface area contributed by atoms with E-state index in [0.29, 0.717) is 142 Å². The first-order valence-electron chi connectivity index (χ1n) is 41.3. The van der Waals surface area contributed by atoms with Gasteiger partial charge in [0.05, 0.1) is 54.5 Å². The van der Waals surface area contributed by atoms with Crippen molar-refractivity contribution in [3.8, 4) is 5.95 Å². The molecule has 4 aliphatic rings. The van der Waals surface area contributed by atoms with Crippen LogP contribution in [0.4, 0.5) is 23.3 Å². The lowest BCUT2D eigenvalue weighted by molar-refractivity contribution is 0.100. The Bertz CT molecular complexity index is 5470. The number of ketones is 4. The van der Waals surface area contributed by atoms with Gasteiger partial charge in [-0.3, -0.25) is 23.4 Å². The van der Waals surface area contributed by atoms with Gasteiger partial charge in [-0.15, -0.1) is 45.3 Å². The second-order valence-electron chi connectivity index (χ2n) is 32.1. The number of halogens is 1. The number of nitrogens with one attached hydrogen (secondary N) is 4. The molecule has 124 heavy (non-hydrogen) atoms. The molecular formula is C89H104BBrN13O15S5. The number of carbonyl (C=O) groups is 4. The lowest BCUT2D eigenvalue weighted by atomic mass is 9.96. The highest BCUT2D eigenvalue weighted by Crippen LogP contribution is 2.40. The van der Waals surface area contributed by atoms with Crippen LogP contribution >= 0.6 is 61.3 Å². The number of nitrogens with zero attached hydrogens (tertiary/aromatic N) is 8. The molecule has 28 nitrogen and oxygen atoms in total. The zero-order valence-corrected chi connectivity index (χ0v) is 76.2. The van der Waals surface area contributed by atoms with Crippen molar-refractivity contribution in [2.24, 2.45) is 46.6 Å². The van der Waals surface area contributed by atoms with Crippen LogP contribution in [0.2, 0.25) is 0 Å². The molecule has 0 spiro atoms. The van der Waals surface area contributed by atoms with Gasteiger partial charge in [0.1, 0.15) is 88.9 Å². The molecule has 1 radical (unpaired) electrons. The van der Waals surface area contributed by atoms with Crippen molar-refractivity contribution in [2.75, 3.05) is 34.5 Å². The number of aliphatic hydroxyl groups excluding tert-OH is 2. The number of furan rings is 4. The Morgan fingerprint density at radius 1 is 0.484 bits per heavy atom. The van der Waals surface area contributed by atoms with E-state index in [1.807, 2.05) is 103 Å². The average Bonchev–Trinajstić information content (AvgIpc) is 1.60. The predicted molar refractivity (Wildman–Crippen MR) is 483 cm³/mol. The SMILES string of the molecule is CC[C@H]1C[C@@H](Nc2ncncc2C(=O)c2cc(CBr)cs2)C[C@@H]1C.CC[C@H]1C[C@@H](Nc2ncncc2C(=O)c2cc(Cc3ccc(C)o3)cs2)C[C@@H]1C.Cc1ccc(Cc2csc(C(=O)c3cncnc3N[C@@H]3C[C@H](CO)[C@@H](C)C3)c2)o1.Cc1ccc(Cc2csc(C(=O)c3cncnc3N[C@@H]3C[C@H](COS(N)(=O)=O)[C@@H](O)C3)c2)o1.Cc1ccc(O[B]O)o1. The van der Waals surface area contributed by atoms with Crippen molar-refractivity contribution >= 4 is 126 Å². The summed E-state index contributed by atoms with van der Waals surface area (Å²) in [5.74, 6) is 11.4. The number of aromatic nitrogens is 8. The molecule has 4 aliphatic carbocycles. The van der Waals surface area contributed by atoms with E-state index >= 15 is 0 Å². The van der Waals surface area contributed by atoms with Crippen molar-refractivity contribution in [1.29, 1.82) is 0 Å². The predicted octanol–water partition coefficient (Wildman–Crippen LogP) is 17.0. The van der Waals surface area contributed by atoms with Crippen molar-refractivity contribution in [3.05, 3.63) is 249 Å². The smallest absolute Gasteiger partial charge is 0.510 e. The van der Waals surface area contributed by atoms with Crippen LogP contribution in [-0.4, -0.2) is 138 Å². The first kappa shape index (κ1) is 93.4. The van der Waals surface area contributed by atoms with Gasteiger partial charge < -0.3 is 58.8 Å². The molecule has 12 aromatic rings. The fourth-order valence-corrected chi connectivity index (χ4v) is 20.6. The molecule has 4 fully saturated rings. The van der Waals surface area contributed by atoms with Crippen LogP contribution in [0.3, 0.4) is 0 Å². The van der Waals surface area contributed by atoms with Crippen molar-refractivity contribution in [3.63, 3.8) is 0 Å². The minimum Gasteiger partial charge on any atom is -0.510 e.